The summed E-state index contributed by atoms with van der Waals surface area (Å²) in [6, 6.07) is 14.7. The van der Waals surface area contributed by atoms with Crippen LogP contribution < -0.4 is 10.6 Å². The van der Waals surface area contributed by atoms with E-state index in [2.05, 4.69) is 10.6 Å². The van der Waals surface area contributed by atoms with Gasteiger partial charge in [0.1, 0.15) is 0 Å². The van der Waals surface area contributed by atoms with Crippen LogP contribution >= 0.6 is 11.6 Å². The molecule has 4 N–H and O–H groups in total. The third-order valence-electron chi connectivity index (χ3n) is 4.29. The van der Waals surface area contributed by atoms with Gasteiger partial charge in [-0.25, -0.2) is 0 Å². The summed E-state index contributed by atoms with van der Waals surface area (Å²) >= 11 is 5.94. The summed E-state index contributed by atoms with van der Waals surface area (Å²) in [4.78, 5) is 11.0. The topological polar surface area (TPSA) is 81.6 Å². The highest BCUT2D eigenvalue weighted by Crippen LogP contribution is 2.19. The minimum Gasteiger partial charge on any atom is -0.481 e. The van der Waals surface area contributed by atoms with Crippen LogP contribution in [0.25, 0.3) is 0 Å². The Morgan fingerprint density at radius 2 is 1.77 bits per heavy atom. The van der Waals surface area contributed by atoms with E-state index in [1.54, 1.807) is 19.1 Å². The maximum Gasteiger partial charge on any atom is 0.310 e. The van der Waals surface area contributed by atoms with Crippen LogP contribution in [-0.2, 0) is 4.79 Å². The zero-order chi connectivity index (χ0) is 19.1. The first kappa shape index (κ1) is 20.2. The van der Waals surface area contributed by atoms with Crippen molar-refractivity contribution in [2.75, 3.05) is 18.4 Å². The molecule has 0 aliphatic carbocycles. The molecule has 2 aromatic rings. The largest absolute Gasteiger partial charge is 0.481 e. The highest BCUT2D eigenvalue weighted by atomic mass is 35.5. The number of carboxylic acid groups (broad SMARTS) is 1. The number of hydrogen-bond donors (Lipinski definition) is 4. The smallest absolute Gasteiger partial charge is 0.310 e. The molecule has 6 heteroatoms. The molecule has 0 aromatic heterocycles. The van der Waals surface area contributed by atoms with Crippen molar-refractivity contribution >= 4 is 23.3 Å². The van der Waals surface area contributed by atoms with Crippen LogP contribution in [-0.4, -0.2) is 35.3 Å². The fraction of sp³-hybridized carbons (Fsp3) is 0.350. The Labute approximate surface area is 159 Å². The van der Waals surface area contributed by atoms with E-state index in [0.29, 0.717) is 18.1 Å². The summed E-state index contributed by atoms with van der Waals surface area (Å²) in [6.07, 6.45) is -0.618. The third kappa shape index (κ3) is 6.02. The second kappa shape index (κ2) is 9.57. The van der Waals surface area contributed by atoms with E-state index in [0.717, 1.165) is 16.8 Å². The zero-order valence-corrected chi connectivity index (χ0v) is 15.7. The fourth-order valence-corrected chi connectivity index (χ4v) is 2.72. The van der Waals surface area contributed by atoms with Crippen molar-refractivity contribution in [3.8, 4) is 0 Å². The molecular weight excluding hydrogens is 352 g/mol. The number of hydrogen-bond acceptors (Lipinski definition) is 4. The van der Waals surface area contributed by atoms with Gasteiger partial charge in [0, 0.05) is 29.8 Å². The Balaban J connectivity index is 1.78. The molecule has 0 saturated carbocycles. The molecular formula is C20H25ClN2O3. The van der Waals surface area contributed by atoms with Crippen molar-refractivity contribution in [2.45, 2.75) is 31.9 Å². The number of aliphatic carboxylic acids is 1. The van der Waals surface area contributed by atoms with Gasteiger partial charge in [-0.1, -0.05) is 35.9 Å². The maximum absolute atomic E-state index is 11.0. The summed E-state index contributed by atoms with van der Waals surface area (Å²) in [5.41, 5.74) is 2.49. The quantitative estimate of drug-likeness (QED) is 0.537. The highest BCUT2D eigenvalue weighted by Gasteiger charge is 2.13. The van der Waals surface area contributed by atoms with Crippen molar-refractivity contribution in [1.29, 1.82) is 0 Å². The molecule has 0 radical (unpaired) electrons. The molecule has 0 saturated heterocycles. The number of carboxylic acids is 1. The molecule has 0 aliphatic rings. The summed E-state index contributed by atoms with van der Waals surface area (Å²) in [5, 5.41) is 26.4. The molecule has 0 amide bonds. The maximum atomic E-state index is 11.0. The standard InChI is InChI=1S/C20H25ClN2O3/c1-13(22-12-19(24)16-4-3-5-17(21)10-16)11-23-18-8-6-15(7-9-18)14(2)20(25)26/h3-10,13-14,19,22-24H,11-12H2,1-2H3,(H,25,26). The van der Waals surface area contributed by atoms with Gasteiger partial charge in [0.25, 0.3) is 0 Å². The normalized spacial score (nSPS) is 14.5. The Kier molecular flexibility index (Phi) is 7.45. The van der Waals surface area contributed by atoms with Crippen molar-refractivity contribution in [3.63, 3.8) is 0 Å². The van der Waals surface area contributed by atoms with Crippen LogP contribution in [0.2, 0.25) is 5.02 Å². The van der Waals surface area contributed by atoms with Gasteiger partial charge in [-0.15, -0.1) is 0 Å². The molecule has 2 rings (SSSR count). The van der Waals surface area contributed by atoms with Crippen LogP contribution in [0.5, 0.6) is 0 Å². The molecule has 140 valence electrons. The van der Waals surface area contributed by atoms with Crippen molar-refractivity contribution in [2.24, 2.45) is 0 Å². The number of nitrogens with one attached hydrogen (secondary N) is 2. The number of benzene rings is 2. The van der Waals surface area contributed by atoms with Crippen molar-refractivity contribution in [3.05, 3.63) is 64.7 Å². The molecule has 26 heavy (non-hydrogen) atoms. The van der Waals surface area contributed by atoms with E-state index in [-0.39, 0.29) is 6.04 Å². The van der Waals surface area contributed by atoms with Gasteiger partial charge < -0.3 is 20.8 Å². The predicted octanol–water partition coefficient (Wildman–Crippen LogP) is 3.65. The van der Waals surface area contributed by atoms with E-state index >= 15 is 0 Å². The first-order chi connectivity index (χ1) is 12.4. The molecule has 0 aliphatic heterocycles. The number of rotatable bonds is 9. The van der Waals surface area contributed by atoms with Crippen molar-refractivity contribution in [1.82, 2.24) is 5.32 Å². The number of carbonyl (C=O) groups is 1. The highest BCUT2D eigenvalue weighted by molar-refractivity contribution is 6.30. The van der Waals surface area contributed by atoms with Gasteiger partial charge in [0.15, 0.2) is 0 Å². The van der Waals surface area contributed by atoms with Crippen LogP contribution in [0.4, 0.5) is 5.69 Å². The van der Waals surface area contributed by atoms with Gasteiger partial charge in [-0.2, -0.15) is 0 Å². The lowest BCUT2D eigenvalue weighted by Crippen LogP contribution is -2.35. The first-order valence-corrected chi connectivity index (χ1v) is 8.98. The molecule has 2 aromatic carbocycles. The summed E-state index contributed by atoms with van der Waals surface area (Å²) in [5.74, 6) is -1.35. The van der Waals surface area contributed by atoms with Crippen LogP contribution in [0, 0.1) is 0 Å². The number of anilines is 1. The minimum absolute atomic E-state index is 0.140. The number of halogens is 1. The molecule has 3 unspecified atom stereocenters. The molecule has 5 nitrogen and oxygen atoms in total. The lowest BCUT2D eigenvalue weighted by molar-refractivity contribution is -0.138. The second-order valence-electron chi connectivity index (χ2n) is 6.44. The number of aliphatic hydroxyl groups is 1. The fourth-order valence-electron chi connectivity index (χ4n) is 2.52. The minimum atomic E-state index is -0.832. The molecule has 0 spiro atoms. The van der Waals surface area contributed by atoms with Gasteiger partial charge in [0.2, 0.25) is 0 Å². The average Bonchev–Trinajstić information content (AvgIpc) is 2.64. The summed E-state index contributed by atoms with van der Waals surface area (Å²) in [6.45, 7) is 4.80. The van der Waals surface area contributed by atoms with Gasteiger partial charge >= 0.3 is 5.97 Å². The van der Waals surface area contributed by atoms with Gasteiger partial charge in [-0.05, 0) is 49.2 Å². The van der Waals surface area contributed by atoms with Crippen molar-refractivity contribution < 1.29 is 15.0 Å². The van der Waals surface area contributed by atoms with Crippen LogP contribution in [0.1, 0.15) is 37.0 Å². The summed E-state index contributed by atoms with van der Waals surface area (Å²) in [7, 11) is 0. The number of aliphatic hydroxyl groups excluding tert-OH is 1. The lowest BCUT2D eigenvalue weighted by atomic mass is 10.0. The average molecular weight is 377 g/mol. The Hall–Kier alpha value is -2.08. The SMILES string of the molecule is CC(CNc1ccc(C(C)C(=O)O)cc1)NCC(O)c1cccc(Cl)c1. The molecule has 3 atom stereocenters. The van der Waals surface area contributed by atoms with Crippen LogP contribution in [0.15, 0.2) is 48.5 Å². The predicted molar refractivity (Wildman–Crippen MR) is 105 cm³/mol. The van der Waals surface area contributed by atoms with E-state index in [9.17, 15) is 9.90 Å². The Bertz CT molecular complexity index is 721. The van der Waals surface area contributed by atoms with Crippen LogP contribution in [0.3, 0.4) is 0 Å². The molecule has 0 heterocycles. The summed E-state index contributed by atoms with van der Waals surface area (Å²) < 4.78 is 0. The van der Waals surface area contributed by atoms with E-state index < -0.39 is 18.0 Å². The van der Waals surface area contributed by atoms with Gasteiger partial charge in [0.05, 0.1) is 12.0 Å². The zero-order valence-electron chi connectivity index (χ0n) is 14.9. The van der Waals surface area contributed by atoms with E-state index in [1.807, 2.05) is 43.3 Å². The first-order valence-electron chi connectivity index (χ1n) is 8.60. The molecule has 0 bridgehead atoms. The Morgan fingerprint density at radius 1 is 1.08 bits per heavy atom. The van der Waals surface area contributed by atoms with E-state index in [4.69, 9.17) is 16.7 Å². The van der Waals surface area contributed by atoms with Gasteiger partial charge in [-0.3, -0.25) is 4.79 Å². The molecule has 0 fully saturated rings. The third-order valence-corrected chi connectivity index (χ3v) is 4.52. The van der Waals surface area contributed by atoms with E-state index in [1.165, 1.54) is 0 Å². The lowest BCUT2D eigenvalue weighted by Gasteiger charge is -2.19. The monoisotopic (exact) mass is 376 g/mol. The second-order valence-corrected chi connectivity index (χ2v) is 6.88. The Morgan fingerprint density at radius 3 is 2.38 bits per heavy atom.